The number of anilines is 4. The molecule has 0 spiro atoms. The van der Waals surface area contributed by atoms with Crippen LogP contribution in [0.5, 0.6) is 5.75 Å². The Hall–Kier alpha value is -3.44. The van der Waals surface area contributed by atoms with Crippen molar-refractivity contribution >= 4 is 35.0 Å². The van der Waals surface area contributed by atoms with Gasteiger partial charge in [0.05, 0.1) is 25.1 Å². The summed E-state index contributed by atoms with van der Waals surface area (Å²) in [5.41, 5.74) is 1.88. The van der Waals surface area contributed by atoms with E-state index in [1.165, 1.54) is 0 Å². The summed E-state index contributed by atoms with van der Waals surface area (Å²) in [6, 6.07) is 5.33. The van der Waals surface area contributed by atoms with E-state index in [1.54, 1.807) is 43.5 Å². The van der Waals surface area contributed by atoms with Crippen LogP contribution < -0.4 is 30.5 Å². The Balaban J connectivity index is 1.25. The molecule has 3 aliphatic rings. The van der Waals surface area contributed by atoms with E-state index in [0.29, 0.717) is 54.7 Å². The molecule has 11 heteroatoms. The predicted molar refractivity (Wildman–Crippen MR) is 159 cm³/mol. The molecule has 3 heterocycles. The summed E-state index contributed by atoms with van der Waals surface area (Å²) in [6.45, 7) is 5.24. The van der Waals surface area contributed by atoms with Crippen LogP contribution in [0.1, 0.15) is 68.6 Å². The Kier molecular flexibility index (Phi) is 9.56. The number of rotatable bonds is 11. The maximum Gasteiger partial charge on any atom is 0.251 e. The molecule has 2 amide bonds. The summed E-state index contributed by atoms with van der Waals surface area (Å²) in [4.78, 5) is 39.3. The Morgan fingerprint density at radius 3 is 2.68 bits per heavy atom. The van der Waals surface area contributed by atoms with E-state index in [-0.39, 0.29) is 17.9 Å². The molecule has 2 aromatic rings. The van der Waals surface area contributed by atoms with Gasteiger partial charge in [-0.05, 0) is 69.8 Å². The lowest BCUT2D eigenvalue weighted by Crippen LogP contribution is -2.55. The molecule has 2 aliphatic heterocycles. The first-order valence-corrected chi connectivity index (χ1v) is 15.0. The highest BCUT2D eigenvalue weighted by molar-refractivity contribution is 6.04. The van der Waals surface area contributed by atoms with Crippen molar-refractivity contribution in [2.24, 2.45) is 0 Å². The molecule has 1 aromatic carbocycles. The number of benzene rings is 1. The smallest absolute Gasteiger partial charge is 0.251 e. The average molecular weight is 566 g/mol. The maximum absolute atomic E-state index is 13.2. The van der Waals surface area contributed by atoms with Gasteiger partial charge >= 0.3 is 0 Å². The Labute approximate surface area is 242 Å². The van der Waals surface area contributed by atoms with Crippen molar-refractivity contribution in [3.05, 3.63) is 30.0 Å². The van der Waals surface area contributed by atoms with Crippen molar-refractivity contribution < 1.29 is 19.1 Å². The second-order valence-corrected chi connectivity index (χ2v) is 11.0. The monoisotopic (exact) mass is 565 g/mol. The number of carbonyl (C=O) groups is 2. The number of nitrogens with one attached hydrogen (secondary N) is 3. The highest BCUT2D eigenvalue weighted by Crippen LogP contribution is 2.40. The number of hydrogen-bond donors (Lipinski definition) is 3. The molecule has 5 rings (SSSR count). The fourth-order valence-electron chi connectivity index (χ4n) is 6.09. The molecule has 2 fully saturated rings. The zero-order valence-electron chi connectivity index (χ0n) is 24.4. The van der Waals surface area contributed by atoms with Gasteiger partial charge in [0.1, 0.15) is 17.5 Å². The fraction of sp³-hybridized carbons (Fsp3) is 0.600. The molecule has 1 saturated heterocycles. The lowest BCUT2D eigenvalue weighted by molar-refractivity contribution is -0.120. The molecule has 11 nitrogen and oxygen atoms in total. The summed E-state index contributed by atoms with van der Waals surface area (Å²) in [5.74, 6) is 1.63. The van der Waals surface area contributed by atoms with Gasteiger partial charge in [0.15, 0.2) is 5.82 Å². The number of carbonyl (C=O) groups excluding carboxylic acids is 2. The number of likely N-dealkylation sites (N-methyl/N-ethyl adjacent to an activating group) is 1. The number of aromatic nitrogens is 2. The van der Waals surface area contributed by atoms with Crippen LogP contribution in [0.3, 0.4) is 0 Å². The van der Waals surface area contributed by atoms with E-state index in [1.807, 2.05) is 0 Å². The predicted octanol–water partition coefficient (Wildman–Crippen LogP) is 3.62. The summed E-state index contributed by atoms with van der Waals surface area (Å²) < 4.78 is 11.5. The van der Waals surface area contributed by atoms with E-state index in [0.717, 1.165) is 69.5 Å². The Bertz CT molecular complexity index is 1210. The van der Waals surface area contributed by atoms with Gasteiger partial charge in [-0.2, -0.15) is 4.98 Å². The van der Waals surface area contributed by atoms with Crippen molar-refractivity contribution in [1.29, 1.82) is 0 Å². The second-order valence-electron chi connectivity index (χ2n) is 11.0. The molecule has 0 bridgehead atoms. The molecule has 3 N–H and O–H groups in total. The van der Waals surface area contributed by atoms with Gasteiger partial charge in [-0.25, -0.2) is 4.98 Å². The minimum atomic E-state index is -0.234. The summed E-state index contributed by atoms with van der Waals surface area (Å²) in [6.07, 6.45) is 10.0. The van der Waals surface area contributed by atoms with Crippen LogP contribution in [0.2, 0.25) is 0 Å². The van der Waals surface area contributed by atoms with Crippen LogP contribution in [0.25, 0.3) is 0 Å². The van der Waals surface area contributed by atoms with Crippen molar-refractivity contribution in [3.63, 3.8) is 0 Å². The Morgan fingerprint density at radius 1 is 1.17 bits per heavy atom. The summed E-state index contributed by atoms with van der Waals surface area (Å²) in [7, 11) is 3.36. The minimum absolute atomic E-state index is 0.0843. The lowest BCUT2D eigenvalue weighted by Gasteiger charge is -2.43. The number of fused-ring (bicyclic) bond motifs is 1. The summed E-state index contributed by atoms with van der Waals surface area (Å²) >= 11 is 0. The van der Waals surface area contributed by atoms with Gasteiger partial charge in [0.25, 0.3) is 5.91 Å². The SMILES string of the molecule is CCC1C(=O)N(C)c2cnc(Nc3ccc(C(=O)NCCCOC4CCNCC4)cc3OC)nc2N1C1CCCC1. The zero-order chi connectivity index (χ0) is 28.8. The molecular formula is C30H43N7O4. The first-order valence-electron chi connectivity index (χ1n) is 15.0. The van der Waals surface area contributed by atoms with Crippen LogP contribution in [-0.2, 0) is 9.53 Å². The molecule has 1 aromatic heterocycles. The van der Waals surface area contributed by atoms with E-state index >= 15 is 0 Å². The van der Waals surface area contributed by atoms with E-state index in [2.05, 4.69) is 32.8 Å². The maximum atomic E-state index is 13.2. The third kappa shape index (κ3) is 6.56. The van der Waals surface area contributed by atoms with Gasteiger partial charge in [-0.15, -0.1) is 0 Å². The second kappa shape index (κ2) is 13.5. The molecule has 41 heavy (non-hydrogen) atoms. The molecule has 1 aliphatic carbocycles. The first kappa shape index (κ1) is 29.1. The van der Waals surface area contributed by atoms with Crippen LogP contribution in [0, 0.1) is 0 Å². The molecular weight excluding hydrogens is 522 g/mol. The van der Waals surface area contributed by atoms with Crippen LogP contribution in [0.4, 0.5) is 23.1 Å². The van der Waals surface area contributed by atoms with Gasteiger partial charge in [-0.1, -0.05) is 19.8 Å². The quantitative estimate of drug-likeness (QED) is 0.351. The van der Waals surface area contributed by atoms with Gasteiger partial charge < -0.3 is 35.2 Å². The average Bonchev–Trinajstić information content (AvgIpc) is 3.54. The Morgan fingerprint density at radius 2 is 1.95 bits per heavy atom. The number of methoxy groups -OCH3 is 1. The van der Waals surface area contributed by atoms with E-state index in [9.17, 15) is 9.59 Å². The van der Waals surface area contributed by atoms with Crippen molar-refractivity contribution in [3.8, 4) is 5.75 Å². The molecule has 0 radical (unpaired) electrons. The lowest BCUT2D eigenvalue weighted by atomic mass is 10.0. The van der Waals surface area contributed by atoms with Crippen molar-refractivity contribution in [1.82, 2.24) is 20.6 Å². The number of piperidine rings is 1. The third-order valence-corrected chi connectivity index (χ3v) is 8.37. The highest BCUT2D eigenvalue weighted by Gasteiger charge is 2.41. The van der Waals surface area contributed by atoms with Crippen LogP contribution in [-0.4, -0.2) is 80.4 Å². The van der Waals surface area contributed by atoms with Crippen molar-refractivity contribution in [2.45, 2.75) is 76.5 Å². The number of ether oxygens (including phenoxy) is 2. The van der Waals surface area contributed by atoms with Gasteiger partial charge in [-0.3, -0.25) is 9.59 Å². The topological polar surface area (TPSA) is 121 Å². The number of hydrogen-bond acceptors (Lipinski definition) is 9. The third-order valence-electron chi connectivity index (χ3n) is 8.37. The number of amides is 2. The van der Waals surface area contributed by atoms with Gasteiger partial charge in [0.2, 0.25) is 11.9 Å². The summed E-state index contributed by atoms with van der Waals surface area (Å²) in [5, 5.41) is 9.57. The normalized spacial score (nSPS) is 19.8. The van der Waals surface area contributed by atoms with Crippen LogP contribution in [0.15, 0.2) is 24.4 Å². The highest BCUT2D eigenvalue weighted by atomic mass is 16.5. The van der Waals surface area contributed by atoms with Crippen molar-refractivity contribution in [2.75, 3.05) is 55.5 Å². The van der Waals surface area contributed by atoms with Crippen LogP contribution >= 0.6 is 0 Å². The largest absolute Gasteiger partial charge is 0.495 e. The fourth-order valence-corrected chi connectivity index (χ4v) is 6.09. The van der Waals surface area contributed by atoms with E-state index < -0.39 is 0 Å². The number of nitrogens with zero attached hydrogens (tertiary/aromatic N) is 4. The molecule has 222 valence electrons. The molecule has 1 saturated carbocycles. The van der Waals surface area contributed by atoms with Gasteiger partial charge in [0, 0.05) is 31.8 Å². The standard InChI is InChI=1S/C30H43N7O4/c1-4-24-29(39)36(2)25-19-33-30(35-27(25)37(24)21-8-5-6-9-21)34-23-11-10-20(18-26(23)40-3)28(38)32-14-7-17-41-22-12-15-31-16-13-22/h10-11,18-19,21-22,24,31H,4-9,12-17H2,1-3H3,(H,32,38)(H,33,34,35). The first-order chi connectivity index (χ1) is 20.0. The minimum Gasteiger partial charge on any atom is -0.495 e. The van der Waals surface area contributed by atoms with E-state index in [4.69, 9.17) is 14.5 Å². The molecule has 1 unspecified atom stereocenters. The zero-order valence-corrected chi connectivity index (χ0v) is 24.4. The molecule has 1 atom stereocenters.